The first-order valence-electron chi connectivity index (χ1n) is 6.46. The minimum atomic E-state index is -1.10. The zero-order valence-electron chi connectivity index (χ0n) is 11.4. The van der Waals surface area contributed by atoms with Crippen molar-refractivity contribution in [2.45, 2.75) is 25.7 Å². The summed E-state index contributed by atoms with van der Waals surface area (Å²) in [6.45, 7) is 5.55. The number of aliphatic hydroxyl groups excluding tert-OH is 1. The summed E-state index contributed by atoms with van der Waals surface area (Å²) in [7, 11) is -1.10. The molecule has 2 N–H and O–H groups in total. The molecule has 0 aromatic heterocycles. The van der Waals surface area contributed by atoms with Crippen molar-refractivity contribution in [2.75, 3.05) is 18.8 Å². The van der Waals surface area contributed by atoms with Gasteiger partial charge in [0.1, 0.15) is 0 Å². The van der Waals surface area contributed by atoms with Crippen LogP contribution in [0.3, 0.4) is 0 Å². The second-order valence-electron chi connectivity index (χ2n) is 5.05. The second kappa shape index (κ2) is 8.69. The summed E-state index contributed by atoms with van der Waals surface area (Å²) >= 11 is 6.01. The summed E-state index contributed by atoms with van der Waals surface area (Å²) in [5.41, 5.74) is 0.866. The molecule has 2 unspecified atom stereocenters. The van der Waals surface area contributed by atoms with Gasteiger partial charge in [-0.25, -0.2) is 0 Å². The Morgan fingerprint density at radius 3 is 2.63 bits per heavy atom. The van der Waals surface area contributed by atoms with Crippen LogP contribution in [0.2, 0.25) is 5.02 Å². The van der Waals surface area contributed by atoms with Crippen molar-refractivity contribution >= 4 is 22.4 Å². The van der Waals surface area contributed by atoms with Crippen LogP contribution in [0.4, 0.5) is 0 Å². The van der Waals surface area contributed by atoms with Crippen LogP contribution in [0, 0.1) is 5.92 Å². The maximum Gasteiger partial charge on any atom is 0.0779 e. The van der Waals surface area contributed by atoms with Crippen LogP contribution in [0.1, 0.15) is 19.4 Å². The maximum atomic E-state index is 11.9. The molecule has 5 heteroatoms. The molecular weight excluding hydrogens is 282 g/mol. The molecule has 19 heavy (non-hydrogen) atoms. The van der Waals surface area contributed by atoms with E-state index in [0.29, 0.717) is 23.2 Å². The molecule has 0 aliphatic carbocycles. The Morgan fingerprint density at radius 1 is 1.32 bits per heavy atom. The van der Waals surface area contributed by atoms with Crippen molar-refractivity contribution in [1.82, 2.24) is 5.32 Å². The third-order valence-electron chi connectivity index (χ3n) is 2.59. The fraction of sp³-hybridized carbons (Fsp3) is 0.571. The molecule has 0 spiro atoms. The SMILES string of the molecule is CC(C)CNCC(O)CS(=O)Cc1ccccc1Cl. The molecule has 1 aromatic rings. The minimum absolute atomic E-state index is 0.274. The normalized spacial score (nSPS) is 14.6. The lowest BCUT2D eigenvalue weighted by Crippen LogP contribution is -2.33. The lowest BCUT2D eigenvalue weighted by Gasteiger charge is -2.13. The maximum absolute atomic E-state index is 11.9. The molecule has 0 saturated carbocycles. The van der Waals surface area contributed by atoms with Gasteiger partial charge in [-0.15, -0.1) is 0 Å². The predicted molar refractivity (Wildman–Crippen MR) is 81.9 cm³/mol. The Kier molecular flexibility index (Phi) is 7.61. The third-order valence-corrected chi connectivity index (χ3v) is 4.34. The zero-order chi connectivity index (χ0) is 14.3. The molecule has 0 heterocycles. The van der Waals surface area contributed by atoms with Crippen LogP contribution in [0.15, 0.2) is 24.3 Å². The highest BCUT2D eigenvalue weighted by Gasteiger charge is 2.11. The van der Waals surface area contributed by atoms with Crippen molar-refractivity contribution in [1.29, 1.82) is 0 Å². The van der Waals surface area contributed by atoms with Crippen molar-refractivity contribution in [3.8, 4) is 0 Å². The Hall–Kier alpha value is -0.420. The number of rotatable bonds is 8. The van der Waals surface area contributed by atoms with E-state index in [2.05, 4.69) is 19.2 Å². The largest absolute Gasteiger partial charge is 0.391 e. The average molecular weight is 304 g/mol. The highest BCUT2D eigenvalue weighted by Crippen LogP contribution is 2.16. The smallest absolute Gasteiger partial charge is 0.0779 e. The lowest BCUT2D eigenvalue weighted by atomic mass is 10.2. The van der Waals surface area contributed by atoms with Gasteiger partial charge < -0.3 is 10.4 Å². The van der Waals surface area contributed by atoms with Gasteiger partial charge in [-0.05, 0) is 24.1 Å². The van der Waals surface area contributed by atoms with E-state index in [9.17, 15) is 9.32 Å². The molecule has 1 rings (SSSR count). The van der Waals surface area contributed by atoms with Crippen molar-refractivity contribution < 1.29 is 9.32 Å². The fourth-order valence-electron chi connectivity index (χ4n) is 1.66. The molecule has 0 aliphatic heterocycles. The Bertz CT molecular complexity index is 412. The minimum Gasteiger partial charge on any atom is -0.391 e. The lowest BCUT2D eigenvalue weighted by molar-refractivity contribution is 0.193. The summed E-state index contributed by atoms with van der Waals surface area (Å²) in [5.74, 6) is 1.21. The quantitative estimate of drug-likeness (QED) is 0.774. The number of nitrogens with one attached hydrogen (secondary N) is 1. The standard InChI is InChI=1S/C14H22ClNO2S/c1-11(2)7-16-8-13(17)10-19(18)9-12-5-3-4-6-14(12)15/h3-6,11,13,16-17H,7-10H2,1-2H3. The third kappa shape index (κ3) is 7.06. The van der Waals surface area contributed by atoms with Crippen LogP contribution in [-0.4, -0.2) is 34.3 Å². The van der Waals surface area contributed by atoms with E-state index in [4.69, 9.17) is 11.6 Å². The molecule has 108 valence electrons. The van der Waals surface area contributed by atoms with E-state index in [0.717, 1.165) is 12.1 Å². The van der Waals surface area contributed by atoms with Crippen LogP contribution in [0.25, 0.3) is 0 Å². The summed E-state index contributed by atoms with van der Waals surface area (Å²) in [5, 5.41) is 13.6. The summed E-state index contributed by atoms with van der Waals surface area (Å²) in [6, 6.07) is 7.37. The summed E-state index contributed by atoms with van der Waals surface area (Å²) in [4.78, 5) is 0. The van der Waals surface area contributed by atoms with Crippen LogP contribution < -0.4 is 5.32 Å². The van der Waals surface area contributed by atoms with Gasteiger partial charge in [-0.3, -0.25) is 4.21 Å². The zero-order valence-corrected chi connectivity index (χ0v) is 13.0. The molecule has 0 fully saturated rings. The van der Waals surface area contributed by atoms with E-state index >= 15 is 0 Å². The molecule has 0 aliphatic rings. The van der Waals surface area contributed by atoms with Crippen molar-refractivity contribution in [3.05, 3.63) is 34.9 Å². The van der Waals surface area contributed by atoms with Crippen LogP contribution >= 0.6 is 11.6 Å². The average Bonchev–Trinajstić information content (AvgIpc) is 2.31. The number of aliphatic hydroxyl groups is 1. The van der Waals surface area contributed by atoms with Gasteiger partial charge in [0.25, 0.3) is 0 Å². The van der Waals surface area contributed by atoms with E-state index in [1.54, 1.807) is 6.07 Å². The van der Waals surface area contributed by atoms with E-state index in [1.165, 1.54) is 0 Å². The van der Waals surface area contributed by atoms with E-state index in [-0.39, 0.29) is 5.75 Å². The molecule has 0 bridgehead atoms. The van der Waals surface area contributed by atoms with Crippen molar-refractivity contribution in [3.63, 3.8) is 0 Å². The molecule has 0 amide bonds. The topological polar surface area (TPSA) is 49.3 Å². The fourth-order valence-corrected chi connectivity index (χ4v) is 3.21. The van der Waals surface area contributed by atoms with Gasteiger partial charge >= 0.3 is 0 Å². The Labute approximate surface area is 122 Å². The predicted octanol–water partition coefficient (Wildman–Crippen LogP) is 2.20. The molecular formula is C14H22ClNO2S. The number of hydrogen-bond donors (Lipinski definition) is 2. The molecule has 0 saturated heterocycles. The highest BCUT2D eigenvalue weighted by atomic mass is 35.5. The summed E-state index contributed by atoms with van der Waals surface area (Å²) in [6.07, 6.45) is -0.581. The number of benzene rings is 1. The molecule has 0 radical (unpaired) electrons. The van der Waals surface area contributed by atoms with Gasteiger partial charge in [0.15, 0.2) is 0 Å². The molecule has 2 atom stereocenters. The van der Waals surface area contributed by atoms with E-state index < -0.39 is 16.9 Å². The van der Waals surface area contributed by atoms with Crippen LogP contribution in [0.5, 0.6) is 0 Å². The monoisotopic (exact) mass is 303 g/mol. The summed E-state index contributed by atoms with van der Waals surface area (Å²) < 4.78 is 11.9. The van der Waals surface area contributed by atoms with Gasteiger partial charge in [-0.2, -0.15) is 0 Å². The first kappa shape index (κ1) is 16.6. The Balaban J connectivity index is 2.33. The highest BCUT2D eigenvalue weighted by molar-refractivity contribution is 7.84. The number of hydrogen-bond acceptors (Lipinski definition) is 3. The Morgan fingerprint density at radius 2 is 2.00 bits per heavy atom. The van der Waals surface area contributed by atoms with Gasteiger partial charge in [0.05, 0.1) is 17.6 Å². The van der Waals surface area contributed by atoms with Crippen LogP contribution in [-0.2, 0) is 16.6 Å². The molecule has 1 aromatic carbocycles. The van der Waals surface area contributed by atoms with Gasteiger partial charge in [0.2, 0.25) is 0 Å². The van der Waals surface area contributed by atoms with Gasteiger partial charge in [-0.1, -0.05) is 43.6 Å². The molecule has 3 nitrogen and oxygen atoms in total. The second-order valence-corrected chi connectivity index (χ2v) is 6.96. The first-order chi connectivity index (χ1) is 8.99. The van der Waals surface area contributed by atoms with Crippen molar-refractivity contribution in [2.24, 2.45) is 5.92 Å². The van der Waals surface area contributed by atoms with Gasteiger partial charge in [0, 0.05) is 22.4 Å². The van der Waals surface area contributed by atoms with E-state index in [1.807, 2.05) is 18.2 Å². The first-order valence-corrected chi connectivity index (χ1v) is 8.32. The number of halogens is 1.